The molecule has 2 rings (SSSR count). The van der Waals surface area contributed by atoms with Crippen molar-refractivity contribution >= 4 is 11.4 Å². The van der Waals surface area contributed by atoms with Gasteiger partial charge in [-0.1, -0.05) is 51.9 Å². The normalized spacial score (nSPS) is 14.9. The largest absolute Gasteiger partial charge is 0.385 e. The van der Waals surface area contributed by atoms with Crippen molar-refractivity contribution in [1.82, 2.24) is 0 Å². The fraction of sp³-hybridized carbons (Fsp3) is 0.700. The Bertz CT molecular complexity index is 399. The Balaban J connectivity index is 1.54. The molecule has 0 spiro atoms. The van der Waals surface area contributed by atoms with Crippen LogP contribution in [0.5, 0.6) is 0 Å². The van der Waals surface area contributed by atoms with Gasteiger partial charge in [-0.2, -0.15) is 0 Å². The number of nitrogens with zero attached hydrogens (tertiary/aromatic N) is 1. The lowest BCUT2D eigenvalue weighted by molar-refractivity contribution is 0.122. The van der Waals surface area contributed by atoms with Crippen LogP contribution in [-0.2, 0) is 4.74 Å². The van der Waals surface area contributed by atoms with Crippen LogP contribution in [0.1, 0.15) is 58.3 Å². The predicted octanol–water partition coefficient (Wildman–Crippen LogP) is 5.08. The zero-order valence-electron chi connectivity index (χ0n) is 14.9. The second-order valence-corrected chi connectivity index (χ2v) is 6.55. The summed E-state index contributed by atoms with van der Waals surface area (Å²) < 4.78 is 5.40. The summed E-state index contributed by atoms with van der Waals surface area (Å²) >= 11 is 0. The lowest BCUT2D eigenvalue weighted by Gasteiger charge is -2.28. The van der Waals surface area contributed by atoms with Crippen LogP contribution in [0.25, 0.3) is 0 Å². The second kappa shape index (κ2) is 11.3. The molecule has 0 aliphatic carbocycles. The Labute approximate surface area is 142 Å². The molecule has 0 bridgehead atoms. The molecule has 1 saturated heterocycles. The number of morpholine rings is 1. The third-order valence-corrected chi connectivity index (χ3v) is 4.60. The minimum absolute atomic E-state index is 0.846. The maximum absolute atomic E-state index is 5.40. The van der Waals surface area contributed by atoms with E-state index in [4.69, 9.17) is 4.74 Å². The van der Waals surface area contributed by atoms with Crippen molar-refractivity contribution in [3.63, 3.8) is 0 Å². The van der Waals surface area contributed by atoms with Gasteiger partial charge in [0.2, 0.25) is 0 Å². The molecule has 1 fully saturated rings. The van der Waals surface area contributed by atoms with Gasteiger partial charge in [0.1, 0.15) is 0 Å². The van der Waals surface area contributed by atoms with Crippen molar-refractivity contribution in [2.45, 2.75) is 58.3 Å². The topological polar surface area (TPSA) is 24.5 Å². The maximum Gasteiger partial charge on any atom is 0.0642 e. The highest BCUT2D eigenvalue weighted by molar-refractivity contribution is 5.55. The van der Waals surface area contributed by atoms with Crippen molar-refractivity contribution in [2.24, 2.45) is 0 Å². The lowest BCUT2D eigenvalue weighted by atomic mass is 10.1. The van der Waals surface area contributed by atoms with E-state index in [1.54, 1.807) is 0 Å². The summed E-state index contributed by atoms with van der Waals surface area (Å²) in [6, 6.07) is 8.86. The van der Waals surface area contributed by atoms with Gasteiger partial charge in [0.25, 0.3) is 0 Å². The summed E-state index contributed by atoms with van der Waals surface area (Å²) in [4.78, 5) is 2.39. The number of anilines is 2. The number of ether oxygens (including phenoxy) is 1. The van der Waals surface area contributed by atoms with Crippen LogP contribution in [0.2, 0.25) is 0 Å². The number of hydrogen-bond donors (Lipinski definition) is 1. The molecular weight excluding hydrogens is 284 g/mol. The Morgan fingerprint density at radius 3 is 2.13 bits per heavy atom. The summed E-state index contributed by atoms with van der Waals surface area (Å²) in [5, 5.41) is 3.54. The van der Waals surface area contributed by atoms with Crippen molar-refractivity contribution in [3.05, 3.63) is 24.3 Å². The van der Waals surface area contributed by atoms with E-state index in [1.807, 2.05) is 0 Å². The summed E-state index contributed by atoms with van der Waals surface area (Å²) in [7, 11) is 0. The molecule has 0 unspecified atom stereocenters. The van der Waals surface area contributed by atoms with Gasteiger partial charge in [0.15, 0.2) is 0 Å². The van der Waals surface area contributed by atoms with Crippen molar-refractivity contribution in [1.29, 1.82) is 0 Å². The Morgan fingerprint density at radius 1 is 0.870 bits per heavy atom. The van der Waals surface area contributed by atoms with Crippen LogP contribution >= 0.6 is 0 Å². The molecule has 1 N–H and O–H groups in total. The smallest absolute Gasteiger partial charge is 0.0642 e. The molecule has 3 heteroatoms. The molecule has 23 heavy (non-hydrogen) atoms. The van der Waals surface area contributed by atoms with E-state index < -0.39 is 0 Å². The molecule has 0 atom stereocenters. The number of hydrogen-bond acceptors (Lipinski definition) is 3. The molecule has 130 valence electrons. The third kappa shape index (κ3) is 7.26. The first-order valence-corrected chi connectivity index (χ1v) is 9.57. The van der Waals surface area contributed by atoms with Crippen LogP contribution < -0.4 is 10.2 Å². The maximum atomic E-state index is 5.40. The van der Waals surface area contributed by atoms with Crippen LogP contribution in [-0.4, -0.2) is 32.8 Å². The monoisotopic (exact) mass is 318 g/mol. The summed E-state index contributed by atoms with van der Waals surface area (Å²) in [5.41, 5.74) is 2.55. The fourth-order valence-electron chi connectivity index (χ4n) is 3.10. The van der Waals surface area contributed by atoms with Crippen LogP contribution in [0, 0.1) is 0 Å². The molecular formula is C20H34N2O. The van der Waals surface area contributed by atoms with Gasteiger partial charge in [0, 0.05) is 31.0 Å². The van der Waals surface area contributed by atoms with E-state index >= 15 is 0 Å². The average Bonchev–Trinajstić information content (AvgIpc) is 2.62. The Kier molecular flexibility index (Phi) is 8.93. The van der Waals surface area contributed by atoms with E-state index in [0.29, 0.717) is 0 Å². The number of benzene rings is 1. The summed E-state index contributed by atoms with van der Waals surface area (Å²) in [6.07, 6.45) is 11.0. The number of rotatable bonds is 11. The molecule has 0 radical (unpaired) electrons. The van der Waals surface area contributed by atoms with Gasteiger partial charge in [-0.15, -0.1) is 0 Å². The van der Waals surface area contributed by atoms with E-state index in [2.05, 4.69) is 41.4 Å². The van der Waals surface area contributed by atoms with Gasteiger partial charge in [-0.3, -0.25) is 0 Å². The van der Waals surface area contributed by atoms with Gasteiger partial charge in [0.05, 0.1) is 13.2 Å². The molecule has 0 aromatic heterocycles. The molecule has 1 heterocycles. The summed E-state index contributed by atoms with van der Waals surface area (Å²) in [6.45, 7) is 7.07. The minimum Gasteiger partial charge on any atom is -0.385 e. The van der Waals surface area contributed by atoms with Crippen LogP contribution in [0.15, 0.2) is 24.3 Å². The quantitative estimate of drug-likeness (QED) is 0.576. The summed E-state index contributed by atoms with van der Waals surface area (Å²) in [5.74, 6) is 0. The average molecular weight is 319 g/mol. The van der Waals surface area contributed by atoms with Crippen LogP contribution in [0.3, 0.4) is 0 Å². The molecule has 1 aromatic carbocycles. The Morgan fingerprint density at radius 2 is 1.48 bits per heavy atom. The van der Waals surface area contributed by atoms with Crippen LogP contribution in [0.4, 0.5) is 11.4 Å². The standard InChI is InChI=1S/C20H34N2O/c1-2-3-4-5-6-7-8-9-14-21-19-10-12-20(13-11-19)22-15-17-23-18-16-22/h10-13,21H,2-9,14-18H2,1H3. The zero-order chi connectivity index (χ0) is 16.2. The number of nitrogens with one attached hydrogen (secondary N) is 1. The van der Waals surface area contributed by atoms with E-state index in [1.165, 1.54) is 62.7 Å². The minimum atomic E-state index is 0.846. The van der Waals surface area contributed by atoms with Gasteiger partial charge < -0.3 is 15.0 Å². The number of unbranched alkanes of at least 4 members (excludes halogenated alkanes) is 7. The van der Waals surface area contributed by atoms with E-state index in [9.17, 15) is 0 Å². The molecule has 1 aliphatic rings. The first-order valence-electron chi connectivity index (χ1n) is 9.57. The van der Waals surface area contributed by atoms with E-state index in [0.717, 1.165) is 32.8 Å². The van der Waals surface area contributed by atoms with E-state index in [-0.39, 0.29) is 0 Å². The molecule has 1 aliphatic heterocycles. The first kappa shape index (κ1) is 18.1. The lowest BCUT2D eigenvalue weighted by Crippen LogP contribution is -2.36. The third-order valence-electron chi connectivity index (χ3n) is 4.60. The first-order chi connectivity index (χ1) is 11.4. The molecule has 1 aromatic rings. The highest BCUT2D eigenvalue weighted by Gasteiger charge is 2.10. The molecule has 3 nitrogen and oxygen atoms in total. The highest BCUT2D eigenvalue weighted by Crippen LogP contribution is 2.19. The fourth-order valence-corrected chi connectivity index (χ4v) is 3.10. The Hall–Kier alpha value is -1.22. The molecule has 0 saturated carbocycles. The van der Waals surface area contributed by atoms with Crippen molar-refractivity contribution in [2.75, 3.05) is 43.1 Å². The molecule has 0 amide bonds. The SMILES string of the molecule is CCCCCCCCCCNc1ccc(N2CCOCC2)cc1. The van der Waals surface area contributed by atoms with Gasteiger partial charge in [-0.25, -0.2) is 0 Å². The van der Waals surface area contributed by atoms with Gasteiger partial charge >= 0.3 is 0 Å². The van der Waals surface area contributed by atoms with Gasteiger partial charge in [-0.05, 0) is 30.7 Å². The predicted molar refractivity (Wildman–Crippen MR) is 101 cm³/mol. The second-order valence-electron chi connectivity index (χ2n) is 6.55. The van der Waals surface area contributed by atoms with Crippen molar-refractivity contribution in [3.8, 4) is 0 Å². The zero-order valence-corrected chi connectivity index (χ0v) is 14.9. The van der Waals surface area contributed by atoms with Crippen molar-refractivity contribution < 1.29 is 4.74 Å². The highest BCUT2D eigenvalue weighted by atomic mass is 16.5.